The molecule has 2 aliphatic rings. The molecule has 1 fully saturated rings. The van der Waals surface area contributed by atoms with Crippen molar-refractivity contribution in [2.24, 2.45) is 0 Å². The third kappa shape index (κ3) is 2.87. The minimum Gasteiger partial charge on any atom is -0.335 e. The van der Waals surface area contributed by atoms with E-state index in [0.29, 0.717) is 6.04 Å². The zero-order valence-corrected chi connectivity index (χ0v) is 15.3. The molecule has 1 atom stereocenters. The van der Waals surface area contributed by atoms with Crippen molar-refractivity contribution >= 4 is 5.91 Å². The Hall–Kier alpha value is -2.13. The van der Waals surface area contributed by atoms with E-state index in [0.717, 1.165) is 37.3 Å². The number of benzene rings is 2. The van der Waals surface area contributed by atoms with Crippen LogP contribution in [0.15, 0.2) is 48.5 Å². The highest BCUT2D eigenvalue weighted by atomic mass is 16.2. The number of carbonyl (C=O) groups is 1. The topological polar surface area (TPSA) is 23.6 Å². The zero-order valence-electron chi connectivity index (χ0n) is 15.3. The normalized spacial score (nSPS) is 22.2. The molecule has 2 heterocycles. The van der Waals surface area contributed by atoms with Gasteiger partial charge in [0.1, 0.15) is 0 Å². The standard InChI is InChI=1S/C22H26N2O/c1-16-7-6-8-17(13-16)21(25)23-11-12-24-15-22(2,3)19-10-5-4-9-18(19)20(24)14-23/h4-10,13,20H,11-12,14-15H2,1-3H3. The zero-order chi connectivity index (χ0) is 17.6. The Morgan fingerprint density at radius 3 is 2.68 bits per heavy atom. The van der Waals surface area contributed by atoms with Gasteiger partial charge in [0.25, 0.3) is 5.91 Å². The fourth-order valence-electron chi connectivity index (χ4n) is 4.45. The summed E-state index contributed by atoms with van der Waals surface area (Å²) >= 11 is 0. The van der Waals surface area contributed by atoms with Crippen molar-refractivity contribution < 1.29 is 4.79 Å². The summed E-state index contributed by atoms with van der Waals surface area (Å²) in [5, 5.41) is 0. The molecule has 0 N–H and O–H groups in total. The van der Waals surface area contributed by atoms with Crippen LogP contribution in [0.2, 0.25) is 0 Å². The highest BCUT2D eigenvalue weighted by Crippen LogP contribution is 2.41. The first-order chi connectivity index (χ1) is 12.0. The van der Waals surface area contributed by atoms with Gasteiger partial charge in [0.05, 0.1) is 6.04 Å². The maximum atomic E-state index is 13.0. The molecule has 3 nitrogen and oxygen atoms in total. The summed E-state index contributed by atoms with van der Waals surface area (Å²) in [6, 6.07) is 17.0. The van der Waals surface area contributed by atoms with Crippen LogP contribution in [0, 0.1) is 6.92 Å². The molecule has 2 aromatic rings. The van der Waals surface area contributed by atoms with E-state index >= 15 is 0 Å². The molecule has 2 aliphatic heterocycles. The van der Waals surface area contributed by atoms with E-state index in [9.17, 15) is 4.79 Å². The van der Waals surface area contributed by atoms with Crippen LogP contribution in [0.25, 0.3) is 0 Å². The molecule has 1 unspecified atom stereocenters. The van der Waals surface area contributed by atoms with Crippen LogP contribution in [0.3, 0.4) is 0 Å². The third-order valence-electron chi connectivity index (χ3n) is 5.69. The number of rotatable bonds is 1. The Labute approximate surface area is 150 Å². The number of piperazine rings is 1. The number of hydrogen-bond acceptors (Lipinski definition) is 2. The second kappa shape index (κ2) is 5.99. The van der Waals surface area contributed by atoms with Gasteiger partial charge in [-0.2, -0.15) is 0 Å². The van der Waals surface area contributed by atoms with Gasteiger partial charge in [-0.15, -0.1) is 0 Å². The van der Waals surface area contributed by atoms with Gasteiger partial charge in [-0.25, -0.2) is 0 Å². The first kappa shape index (κ1) is 16.3. The Morgan fingerprint density at radius 2 is 1.88 bits per heavy atom. The predicted molar refractivity (Wildman–Crippen MR) is 101 cm³/mol. The van der Waals surface area contributed by atoms with E-state index in [2.05, 4.69) is 43.0 Å². The van der Waals surface area contributed by atoms with Crippen LogP contribution in [-0.2, 0) is 5.41 Å². The molecule has 0 saturated carbocycles. The number of carbonyl (C=O) groups excluding carboxylic acids is 1. The monoisotopic (exact) mass is 334 g/mol. The predicted octanol–water partition coefficient (Wildman–Crippen LogP) is 3.79. The first-order valence-corrected chi connectivity index (χ1v) is 9.15. The minimum absolute atomic E-state index is 0.158. The van der Waals surface area contributed by atoms with E-state index in [1.54, 1.807) is 0 Å². The third-order valence-corrected chi connectivity index (χ3v) is 5.69. The van der Waals surface area contributed by atoms with E-state index in [4.69, 9.17) is 0 Å². The minimum atomic E-state index is 0.158. The quantitative estimate of drug-likeness (QED) is 0.792. The lowest BCUT2D eigenvalue weighted by atomic mass is 9.75. The van der Waals surface area contributed by atoms with Crippen molar-refractivity contribution in [2.45, 2.75) is 32.2 Å². The smallest absolute Gasteiger partial charge is 0.253 e. The number of aryl methyl sites for hydroxylation is 1. The van der Waals surface area contributed by atoms with Crippen LogP contribution >= 0.6 is 0 Å². The molecule has 130 valence electrons. The molecule has 0 aromatic heterocycles. The lowest BCUT2D eigenvalue weighted by molar-refractivity contribution is 0.0359. The first-order valence-electron chi connectivity index (χ1n) is 9.15. The molecule has 0 aliphatic carbocycles. The van der Waals surface area contributed by atoms with Gasteiger partial charge in [0.15, 0.2) is 0 Å². The fraction of sp³-hybridized carbons (Fsp3) is 0.409. The Morgan fingerprint density at radius 1 is 1.08 bits per heavy atom. The van der Waals surface area contributed by atoms with Crippen molar-refractivity contribution in [3.05, 3.63) is 70.8 Å². The number of nitrogens with zero attached hydrogens (tertiary/aromatic N) is 2. The Kier molecular flexibility index (Phi) is 3.92. The second-order valence-corrected chi connectivity index (χ2v) is 8.08. The molecule has 0 bridgehead atoms. The van der Waals surface area contributed by atoms with Crippen molar-refractivity contribution in [2.75, 3.05) is 26.2 Å². The average molecular weight is 334 g/mol. The molecule has 1 amide bonds. The molecule has 4 rings (SSSR count). The summed E-state index contributed by atoms with van der Waals surface area (Å²) in [7, 11) is 0. The SMILES string of the molecule is Cc1cccc(C(=O)N2CCN3CC(C)(C)c4ccccc4C3C2)c1. The lowest BCUT2D eigenvalue weighted by Crippen LogP contribution is -2.55. The summed E-state index contributed by atoms with van der Waals surface area (Å²) in [5.74, 6) is 0.158. The van der Waals surface area contributed by atoms with Crippen molar-refractivity contribution in [1.82, 2.24) is 9.80 Å². The number of hydrogen-bond donors (Lipinski definition) is 0. The number of fused-ring (bicyclic) bond motifs is 3. The maximum Gasteiger partial charge on any atom is 0.253 e. The summed E-state index contributed by atoms with van der Waals surface area (Å²) in [6.45, 7) is 10.3. The summed E-state index contributed by atoms with van der Waals surface area (Å²) in [6.07, 6.45) is 0. The van der Waals surface area contributed by atoms with E-state index in [-0.39, 0.29) is 11.3 Å². The van der Waals surface area contributed by atoms with E-state index in [1.165, 1.54) is 11.1 Å². The average Bonchev–Trinajstić information content (AvgIpc) is 2.61. The Balaban J connectivity index is 1.63. The summed E-state index contributed by atoms with van der Waals surface area (Å²) < 4.78 is 0. The van der Waals surface area contributed by atoms with Crippen LogP contribution in [0.1, 0.15) is 46.9 Å². The molecule has 0 radical (unpaired) electrons. The van der Waals surface area contributed by atoms with Gasteiger partial charge in [-0.3, -0.25) is 9.69 Å². The lowest BCUT2D eigenvalue weighted by Gasteiger charge is -2.50. The van der Waals surface area contributed by atoms with Crippen LogP contribution in [-0.4, -0.2) is 41.9 Å². The largest absolute Gasteiger partial charge is 0.335 e. The van der Waals surface area contributed by atoms with Crippen molar-refractivity contribution in [3.63, 3.8) is 0 Å². The fourth-order valence-corrected chi connectivity index (χ4v) is 4.45. The van der Waals surface area contributed by atoms with Gasteiger partial charge >= 0.3 is 0 Å². The highest BCUT2D eigenvalue weighted by molar-refractivity contribution is 5.94. The molecule has 1 saturated heterocycles. The molecule has 2 aromatic carbocycles. The van der Waals surface area contributed by atoms with E-state index < -0.39 is 0 Å². The van der Waals surface area contributed by atoms with Crippen molar-refractivity contribution in [3.8, 4) is 0 Å². The number of amides is 1. The van der Waals surface area contributed by atoms with Crippen LogP contribution in [0.5, 0.6) is 0 Å². The van der Waals surface area contributed by atoms with Gasteiger partial charge in [-0.05, 0) is 30.2 Å². The molecule has 25 heavy (non-hydrogen) atoms. The molecular formula is C22H26N2O. The van der Waals surface area contributed by atoms with Gasteiger partial charge < -0.3 is 4.90 Å². The summed E-state index contributed by atoms with van der Waals surface area (Å²) in [5.41, 5.74) is 4.92. The van der Waals surface area contributed by atoms with Gasteiger partial charge in [0.2, 0.25) is 0 Å². The van der Waals surface area contributed by atoms with Crippen molar-refractivity contribution in [1.29, 1.82) is 0 Å². The van der Waals surface area contributed by atoms with Gasteiger partial charge in [-0.1, -0.05) is 55.8 Å². The Bertz CT molecular complexity index is 811. The summed E-state index contributed by atoms with van der Waals surface area (Å²) in [4.78, 5) is 17.6. The van der Waals surface area contributed by atoms with Gasteiger partial charge in [0, 0.05) is 37.2 Å². The van der Waals surface area contributed by atoms with Crippen LogP contribution < -0.4 is 0 Å². The molecule has 0 spiro atoms. The molecule has 3 heteroatoms. The maximum absolute atomic E-state index is 13.0. The van der Waals surface area contributed by atoms with E-state index in [1.807, 2.05) is 36.1 Å². The van der Waals surface area contributed by atoms with Crippen LogP contribution in [0.4, 0.5) is 0 Å². The second-order valence-electron chi connectivity index (χ2n) is 8.08. The highest BCUT2D eigenvalue weighted by Gasteiger charge is 2.40. The molecular weight excluding hydrogens is 308 g/mol.